The third-order valence-corrected chi connectivity index (χ3v) is 5.55. The number of carbonyl (C=O) groups is 1. The first-order chi connectivity index (χ1) is 10.5. The molecule has 0 aliphatic carbocycles. The zero-order valence-corrected chi connectivity index (χ0v) is 13.9. The Hall–Kier alpha value is -1.56. The van der Waals surface area contributed by atoms with E-state index in [0.29, 0.717) is 22.6 Å². The summed E-state index contributed by atoms with van der Waals surface area (Å²) in [5.41, 5.74) is 0.819. The number of hydrogen-bond donors (Lipinski definition) is 1. The molecule has 1 atom stereocenters. The van der Waals surface area contributed by atoms with Crippen LogP contribution in [0.1, 0.15) is 35.6 Å². The molecule has 0 saturated heterocycles. The van der Waals surface area contributed by atoms with Crippen molar-refractivity contribution in [2.75, 3.05) is 27.4 Å². The summed E-state index contributed by atoms with van der Waals surface area (Å²) in [5, 5.41) is 2.67. The van der Waals surface area contributed by atoms with Gasteiger partial charge in [-0.3, -0.25) is 9.36 Å². The summed E-state index contributed by atoms with van der Waals surface area (Å²) in [5.74, 6) is -0.376. The van der Waals surface area contributed by atoms with Gasteiger partial charge in [-0.2, -0.15) is 0 Å². The molecule has 0 fully saturated rings. The molecule has 0 bridgehead atoms. The molecule has 122 valence electrons. The van der Waals surface area contributed by atoms with Crippen molar-refractivity contribution >= 4 is 13.5 Å². The maximum absolute atomic E-state index is 13.0. The van der Waals surface area contributed by atoms with Gasteiger partial charge < -0.3 is 23.8 Å². The average Bonchev–Trinajstić information content (AvgIpc) is 2.85. The maximum Gasteiger partial charge on any atom is 0.357 e. The molecule has 1 amide bonds. The van der Waals surface area contributed by atoms with Gasteiger partial charge in [0.25, 0.3) is 5.91 Å². The van der Waals surface area contributed by atoms with E-state index < -0.39 is 13.4 Å². The fraction of sp³-hybridized carbons (Fsp3) is 0.500. The predicted octanol–water partition coefficient (Wildman–Crippen LogP) is 2.71. The molecule has 0 radical (unpaired) electrons. The monoisotopic (exact) mass is 329 g/mol. The highest BCUT2D eigenvalue weighted by Crippen LogP contribution is 2.63. The van der Waals surface area contributed by atoms with Crippen molar-refractivity contribution in [3.05, 3.63) is 23.3 Å². The number of nitrogens with one attached hydrogen (secondary N) is 1. The van der Waals surface area contributed by atoms with Gasteiger partial charge in [0.1, 0.15) is 11.5 Å². The Morgan fingerprint density at radius 2 is 1.77 bits per heavy atom. The molecular weight excluding hydrogens is 309 g/mol. The molecule has 1 aliphatic rings. The van der Waals surface area contributed by atoms with E-state index in [9.17, 15) is 9.36 Å². The second-order valence-corrected chi connectivity index (χ2v) is 6.65. The molecule has 1 heterocycles. The van der Waals surface area contributed by atoms with Crippen LogP contribution in [0.5, 0.6) is 11.5 Å². The largest absolute Gasteiger partial charge is 0.497 e. The Kier molecular flexibility index (Phi) is 5.11. The summed E-state index contributed by atoms with van der Waals surface area (Å²) in [7, 11) is -0.583. The van der Waals surface area contributed by atoms with Crippen LogP contribution >= 0.6 is 7.60 Å². The lowest BCUT2D eigenvalue weighted by molar-refractivity contribution is 0.0956. The molecule has 2 rings (SSSR count). The van der Waals surface area contributed by atoms with Gasteiger partial charge in [0.2, 0.25) is 0 Å². The number of amides is 1. The molecule has 8 heteroatoms. The first-order valence-electron chi connectivity index (χ1n) is 6.96. The number of carbonyl (C=O) groups excluding carboxylic acids is 1. The Morgan fingerprint density at radius 3 is 2.27 bits per heavy atom. The average molecular weight is 329 g/mol. The van der Waals surface area contributed by atoms with Crippen molar-refractivity contribution in [1.82, 2.24) is 5.32 Å². The van der Waals surface area contributed by atoms with Gasteiger partial charge >= 0.3 is 7.60 Å². The predicted molar refractivity (Wildman–Crippen MR) is 80.6 cm³/mol. The van der Waals surface area contributed by atoms with Gasteiger partial charge in [-0.15, -0.1) is 0 Å². The van der Waals surface area contributed by atoms with Crippen LogP contribution in [0.25, 0.3) is 0 Å². The Morgan fingerprint density at radius 1 is 1.14 bits per heavy atom. The van der Waals surface area contributed by atoms with Crippen LogP contribution in [-0.2, 0) is 13.6 Å². The fourth-order valence-electron chi connectivity index (χ4n) is 2.42. The van der Waals surface area contributed by atoms with Gasteiger partial charge in [-0.25, -0.2) is 0 Å². The molecule has 1 aromatic carbocycles. The van der Waals surface area contributed by atoms with Gasteiger partial charge in [-0.1, -0.05) is 0 Å². The van der Waals surface area contributed by atoms with Crippen LogP contribution < -0.4 is 14.8 Å². The lowest BCUT2D eigenvalue weighted by Crippen LogP contribution is -2.21. The van der Waals surface area contributed by atoms with E-state index in [1.165, 1.54) is 14.2 Å². The molecular formula is C14H20NO6P. The second kappa shape index (κ2) is 6.69. The third kappa shape index (κ3) is 2.84. The minimum atomic E-state index is -3.55. The van der Waals surface area contributed by atoms with Crippen LogP contribution in [0.15, 0.2) is 12.1 Å². The molecule has 1 unspecified atom stereocenters. The highest BCUT2D eigenvalue weighted by Gasteiger charge is 2.46. The second-order valence-electron chi connectivity index (χ2n) is 4.54. The van der Waals surface area contributed by atoms with Crippen molar-refractivity contribution in [3.8, 4) is 11.5 Å². The number of methoxy groups -OCH3 is 2. The Labute approximate surface area is 129 Å². The molecule has 0 saturated carbocycles. The van der Waals surface area contributed by atoms with E-state index in [-0.39, 0.29) is 19.1 Å². The first-order valence-corrected chi connectivity index (χ1v) is 8.57. The smallest absolute Gasteiger partial charge is 0.357 e. The molecule has 1 aliphatic heterocycles. The van der Waals surface area contributed by atoms with E-state index in [4.69, 9.17) is 18.5 Å². The molecule has 1 aromatic rings. The van der Waals surface area contributed by atoms with Crippen LogP contribution in [0.2, 0.25) is 0 Å². The van der Waals surface area contributed by atoms with E-state index in [1.807, 2.05) is 0 Å². The maximum atomic E-state index is 13.0. The number of rotatable bonds is 7. The minimum Gasteiger partial charge on any atom is -0.497 e. The van der Waals surface area contributed by atoms with Crippen LogP contribution in [0, 0.1) is 0 Å². The van der Waals surface area contributed by atoms with Gasteiger partial charge in [0, 0.05) is 11.6 Å². The summed E-state index contributed by atoms with van der Waals surface area (Å²) < 4.78 is 34.2. The molecule has 0 aromatic heterocycles. The third-order valence-electron chi connectivity index (χ3n) is 3.29. The highest BCUT2D eigenvalue weighted by molar-refractivity contribution is 7.54. The summed E-state index contributed by atoms with van der Waals surface area (Å²) in [4.78, 5) is 12.2. The van der Waals surface area contributed by atoms with Crippen LogP contribution in [-0.4, -0.2) is 33.3 Å². The minimum absolute atomic E-state index is 0.206. The quantitative estimate of drug-likeness (QED) is 0.775. The number of hydrogen-bond acceptors (Lipinski definition) is 6. The van der Waals surface area contributed by atoms with E-state index >= 15 is 0 Å². The molecule has 7 nitrogen and oxygen atoms in total. The van der Waals surface area contributed by atoms with Crippen molar-refractivity contribution < 1.29 is 27.9 Å². The van der Waals surface area contributed by atoms with Crippen molar-refractivity contribution in [2.45, 2.75) is 19.6 Å². The molecule has 1 N–H and O–H groups in total. The van der Waals surface area contributed by atoms with Crippen molar-refractivity contribution in [3.63, 3.8) is 0 Å². The fourth-order valence-corrected chi connectivity index (χ4v) is 4.37. The number of ether oxygens (including phenoxy) is 2. The number of benzene rings is 1. The van der Waals surface area contributed by atoms with Crippen LogP contribution in [0.3, 0.4) is 0 Å². The lowest BCUT2D eigenvalue weighted by atomic mass is 10.1. The summed E-state index contributed by atoms with van der Waals surface area (Å²) in [6.07, 6.45) is 0. The van der Waals surface area contributed by atoms with Gasteiger partial charge in [-0.05, 0) is 19.9 Å². The van der Waals surface area contributed by atoms with E-state index in [0.717, 1.165) is 0 Å². The summed E-state index contributed by atoms with van der Waals surface area (Å²) >= 11 is 0. The summed E-state index contributed by atoms with van der Waals surface area (Å²) in [6, 6.07) is 3.21. The highest BCUT2D eigenvalue weighted by atomic mass is 31.2. The molecule has 22 heavy (non-hydrogen) atoms. The van der Waals surface area contributed by atoms with Crippen LogP contribution in [0.4, 0.5) is 0 Å². The first kappa shape index (κ1) is 16.8. The molecule has 0 spiro atoms. The zero-order valence-electron chi connectivity index (χ0n) is 13.0. The van der Waals surface area contributed by atoms with Crippen molar-refractivity contribution in [2.24, 2.45) is 0 Å². The zero-order chi connectivity index (χ0) is 16.3. The lowest BCUT2D eigenvalue weighted by Gasteiger charge is -2.24. The van der Waals surface area contributed by atoms with Gasteiger partial charge in [0.05, 0.1) is 33.0 Å². The van der Waals surface area contributed by atoms with Crippen molar-refractivity contribution in [1.29, 1.82) is 0 Å². The topological polar surface area (TPSA) is 83.1 Å². The standard InChI is InChI=1S/C14H20NO6P/c1-5-20-22(17,21-6-2)14-12-10(13(16)15-14)7-9(18-3)8-11(12)19-4/h7-8,14H,5-6H2,1-4H3,(H,15,16). The van der Waals surface area contributed by atoms with Gasteiger partial charge in [0.15, 0.2) is 5.78 Å². The SMILES string of the molecule is CCOP(=O)(OCC)C1NC(=O)c2cc(OC)cc(OC)c21. The Balaban J connectivity index is 2.57. The number of fused-ring (bicyclic) bond motifs is 1. The van der Waals surface area contributed by atoms with E-state index in [1.54, 1.807) is 26.0 Å². The Bertz CT molecular complexity index is 608. The normalized spacial score (nSPS) is 17.1. The summed E-state index contributed by atoms with van der Waals surface area (Å²) in [6.45, 7) is 3.85. The van der Waals surface area contributed by atoms with E-state index in [2.05, 4.69) is 5.32 Å².